The quantitative estimate of drug-likeness (QED) is 0.719. The van der Waals surface area contributed by atoms with E-state index in [-0.39, 0.29) is 11.6 Å². The zero-order chi connectivity index (χ0) is 11.8. The van der Waals surface area contributed by atoms with Crippen molar-refractivity contribution in [2.45, 2.75) is 32.3 Å². The number of Topliss-reactive ketones (excluding diaryl/α,β-unsaturated/α-hetero) is 1. The Morgan fingerprint density at radius 3 is 2.88 bits per heavy atom. The summed E-state index contributed by atoms with van der Waals surface area (Å²) in [5.41, 5.74) is 0.464. The summed E-state index contributed by atoms with van der Waals surface area (Å²) < 4.78 is 18.6. The normalized spacial score (nSPS) is 24.7. The molecule has 16 heavy (non-hydrogen) atoms. The van der Waals surface area contributed by atoms with Gasteiger partial charge in [0.15, 0.2) is 5.78 Å². The number of hydrogen-bond acceptors (Lipinski definition) is 2. The van der Waals surface area contributed by atoms with Gasteiger partial charge in [-0.2, -0.15) is 0 Å². The maximum Gasteiger partial charge on any atom is 0.194 e. The molecule has 0 N–H and O–H groups in total. The highest BCUT2D eigenvalue weighted by Crippen LogP contribution is 2.30. The Balaban J connectivity index is 2.36. The van der Waals surface area contributed by atoms with Gasteiger partial charge in [-0.05, 0) is 44.4 Å². The Labute approximate surface area is 94.4 Å². The van der Waals surface area contributed by atoms with Crippen LogP contribution in [-0.4, -0.2) is 18.0 Å². The van der Waals surface area contributed by atoms with Gasteiger partial charge in [0.1, 0.15) is 11.4 Å². The molecule has 1 saturated heterocycles. The molecule has 1 unspecified atom stereocenters. The van der Waals surface area contributed by atoms with Crippen LogP contribution < -0.4 is 0 Å². The molecule has 1 aliphatic rings. The molecule has 1 heterocycles. The summed E-state index contributed by atoms with van der Waals surface area (Å²) in [6.07, 6.45) is 1.60. The predicted octanol–water partition coefficient (Wildman–Crippen LogP) is 2.89. The van der Waals surface area contributed by atoms with Gasteiger partial charge in [0.05, 0.1) is 0 Å². The molecular formula is C13H15FO2. The van der Waals surface area contributed by atoms with Gasteiger partial charge >= 0.3 is 0 Å². The minimum Gasteiger partial charge on any atom is -0.367 e. The van der Waals surface area contributed by atoms with Crippen molar-refractivity contribution in [2.75, 3.05) is 6.61 Å². The van der Waals surface area contributed by atoms with Crippen molar-refractivity contribution in [1.82, 2.24) is 0 Å². The first-order valence-corrected chi connectivity index (χ1v) is 5.48. The second-order valence-corrected chi connectivity index (χ2v) is 4.47. The molecule has 2 nitrogen and oxygen atoms in total. The van der Waals surface area contributed by atoms with E-state index in [1.54, 1.807) is 13.0 Å². The zero-order valence-electron chi connectivity index (χ0n) is 9.55. The molecule has 1 fully saturated rings. The average Bonchev–Trinajstić information content (AvgIpc) is 2.69. The Hall–Kier alpha value is -1.22. The summed E-state index contributed by atoms with van der Waals surface area (Å²) in [6, 6.07) is 4.29. The number of hydrogen-bond donors (Lipinski definition) is 0. The van der Waals surface area contributed by atoms with Gasteiger partial charge in [-0.15, -0.1) is 0 Å². The van der Waals surface area contributed by atoms with Crippen molar-refractivity contribution in [3.8, 4) is 0 Å². The van der Waals surface area contributed by atoms with E-state index in [0.29, 0.717) is 18.6 Å². The molecule has 0 spiro atoms. The zero-order valence-corrected chi connectivity index (χ0v) is 9.55. The lowest BCUT2D eigenvalue weighted by Crippen LogP contribution is -2.34. The lowest BCUT2D eigenvalue weighted by atomic mass is 9.90. The number of carbonyl (C=O) groups excluding carboxylic acids is 1. The third-order valence-corrected chi connectivity index (χ3v) is 3.14. The van der Waals surface area contributed by atoms with E-state index >= 15 is 0 Å². The minimum absolute atomic E-state index is 0.109. The standard InChI is InChI=1S/C13H15FO2/c1-9-4-5-10(14)8-11(9)12(15)13(2)6-3-7-16-13/h4-5,8H,3,6-7H2,1-2H3. The van der Waals surface area contributed by atoms with Crippen molar-refractivity contribution < 1.29 is 13.9 Å². The van der Waals surface area contributed by atoms with Gasteiger partial charge < -0.3 is 4.74 Å². The average molecular weight is 222 g/mol. The molecule has 0 radical (unpaired) electrons. The molecule has 2 rings (SSSR count). The Bertz CT molecular complexity index is 420. The lowest BCUT2D eigenvalue weighted by molar-refractivity contribution is 0.0212. The van der Waals surface area contributed by atoms with E-state index < -0.39 is 5.60 Å². The smallest absolute Gasteiger partial charge is 0.194 e. The van der Waals surface area contributed by atoms with Crippen LogP contribution in [0.1, 0.15) is 35.7 Å². The summed E-state index contributed by atoms with van der Waals surface area (Å²) in [5.74, 6) is -0.488. The van der Waals surface area contributed by atoms with Gasteiger partial charge in [-0.25, -0.2) is 4.39 Å². The highest BCUT2D eigenvalue weighted by Gasteiger charge is 2.38. The first-order chi connectivity index (χ1) is 7.53. The van der Waals surface area contributed by atoms with E-state index in [1.807, 2.05) is 6.92 Å². The predicted molar refractivity (Wildman–Crippen MR) is 59.1 cm³/mol. The molecule has 0 amide bonds. The molecule has 3 heteroatoms. The Morgan fingerprint density at radius 2 is 2.25 bits per heavy atom. The molecule has 1 aromatic rings. The molecule has 1 aromatic carbocycles. The topological polar surface area (TPSA) is 26.3 Å². The molecule has 0 bridgehead atoms. The van der Waals surface area contributed by atoms with E-state index in [2.05, 4.69) is 0 Å². The molecule has 0 saturated carbocycles. The Kier molecular flexibility index (Phi) is 2.80. The van der Waals surface area contributed by atoms with Crippen LogP contribution in [0.15, 0.2) is 18.2 Å². The second kappa shape index (κ2) is 3.98. The summed E-state index contributed by atoms with van der Waals surface area (Å²) >= 11 is 0. The number of carbonyl (C=O) groups is 1. The number of ketones is 1. The number of rotatable bonds is 2. The molecule has 1 atom stereocenters. The fourth-order valence-corrected chi connectivity index (χ4v) is 2.08. The fourth-order valence-electron chi connectivity index (χ4n) is 2.08. The van der Waals surface area contributed by atoms with Crippen molar-refractivity contribution in [3.05, 3.63) is 35.1 Å². The number of aryl methyl sites for hydroxylation is 1. The molecule has 86 valence electrons. The van der Waals surface area contributed by atoms with Gasteiger partial charge in [-0.3, -0.25) is 4.79 Å². The van der Waals surface area contributed by atoms with E-state index in [1.165, 1.54) is 12.1 Å². The van der Waals surface area contributed by atoms with Crippen LogP contribution in [0, 0.1) is 12.7 Å². The molecule has 0 aromatic heterocycles. The third kappa shape index (κ3) is 1.87. The van der Waals surface area contributed by atoms with Crippen LogP contribution in [0.2, 0.25) is 0 Å². The monoisotopic (exact) mass is 222 g/mol. The van der Waals surface area contributed by atoms with Crippen molar-refractivity contribution in [1.29, 1.82) is 0 Å². The van der Waals surface area contributed by atoms with Gasteiger partial charge in [0.2, 0.25) is 0 Å². The minimum atomic E-state index is -0.765. The number of benzene rings is 1. The highest BCUT2D eigenvalue weighted by molar-refractivity contribution is 6.03. The van der Waals surface area contributed by atoms with E-state index in [4.69, 9.17) is 4.74 Å². The highest BCUT2D eigenvalue weighted by atomic mass is 19.1. The second-order valence-electron chi connectivity index (χ2n) is 4.47. The lowest BCUT2D eigenvalue weighted by Gasteiger charge is -2.22. The first-order valence-electron chi connectivity index (χ1n) is 5.48. The summed E-state index contributed by atoms with van der Waals surface area (Å²) in [4.78, 5) is 12.3. The summed E-state index contributed by atoms with van der Waals surface area (Å²) in [6.45, 7) is 4.20. The number of halogens is 1. The maximum absolute atomic E-state index is 13.1. The maximum atomic E-state index is 13.1. The largest absolute Gasteiger partial charge is 0.367 e. The Morgan fingerprint density at radius 1 is 1.50 bits per heavy atom. The van der Waals surface area contributed by atoms with Crippen LogP contribution in [0.25, 0.3) is 0 Å². The van der Waals surface area contributed by atoms with Gasteiger partial charge in [0.25, 0.3) is 0 Å². The van der Waals surface area contributed by atoms with Crippen molar-refractivity contribution in [3.63, 3.8) is 0 Å². The summed E-state index contributed by atoms with van der Waals surface area (Å²) in [5, 5.41) is 0. The van der Waals surface area contributed by atoms with Crippen LogP contribution >= 0.6 is 0 Å². The fraction of sp³-hybridized carbons (Fsp3) is 0.462. The molecule has 1 aliphatic heterocycles. The summed E-state index contributed by atoms with van der Waals surface area (Å²) in [7, 11) is 0. The number of ether oxygens (including phenoxy) is 1. The van der Waals surface area contributed by atoms with Crippen molar-refractivity contribution in [2.24, 2.45) is 0 Å². The molecular weight excluding hydrogens is 207 g/mol. The molecule has 0 aliphatic carbocycles. The van der Waals surface area contributed by atoms with Gasteiger partial charge in [0, 0.05) is 12.2 Å². The van der Waals surface area contributed by atoms with E-state index in [0.717, 1.165) is 12.0 Å². The first kappa shape index (κ1) is 11.3. The van der Waals surface area contributed by atoms with Crippen molar-refractivity contribution >= 4 is 5.78 Å². The SMILES string of the molecule is Cc1ccc(F)cc1C(=O)C1(C)CCCO1. The van der Waals surface area contributed by atoms with Crippen LogP contribution in [0.3, 0.4) is 0 Å². The van der Waals surface area contributed by atoms with Gasteiger partial charge in [-0.1, -0.05) is 6.07 Å². The van der Waals surface area contributed by atoms with Crippen LogP contribution in [0.4, 0.5) is 4.39 Å². The van der Waals surface area contributed by atoms with Crippen LogP contribution in [0.5, 0.6) is 0 Å². The van der Waals surface area contributed by atoms with Crippen LogP contribution in [-0.2, 0) is 4.74 Å². The third-order valence-electron chi connectivity index (χ3n) is 3.14. The van der Waals surface area contributed by atoms with E-state index in [9.17, 15) is 9.18 Å².